The molecule has 3 aromatic rings. The second-order valence-electron chi connectivity index (χ2n) is 9.20. The average Bonchev–Trinajstić information content (AvgIpc) is 3.26. The van der Waals surface area contributed by atoms with E-state index in [1.54, 1.807) is 23.0 Å². The SMILES string of the molecule is CCCCc1ccc(N(c2nc(N[C@H]3CCCC[C@H]3C(N)=O)nc3c2ncn3CC)S(N)(=O)=O)cc1. The predicted octanol–water partition coefficient (Wildman–Crippen LogP) is 2.99. The molecule has 0 spiro atoms. The number of rotatable bonds is 10. The molecule has 2 heterocycles. The van der Waals surface area contributed by atoms with Crippen LogP contribution in [-0.4, -0.2) is 39.9 Å². The van der Waals surface area contributed by atoms with Crippen molar-refractivity contribution >= 4 is 44.7 Å². The van der Waals surface area contributed by atoms with E-state index in [2.05, 4.69) is 27.2 Å². The van der Waals surface area contributed by atoms with E-state index in [1.807, 2.05) is 19.1 Å². The number of anilines is 3. The molecule has 4 rings (SSSR count). The van der Waals surface area contributed by atoms with Crippen LogP contribution in [0.2, 0.25) is 0 Å². The van der Waals surface area contributed by atoms with E-state index in [0.717, 1.165) is 48.4 Å². The number of carbonyl (C=O) groups is 1. The van der Waals surface area contributed by atoms with Crippen LogP contribution in [0.3, 0.4) is 0 Å². The molecule has 1 amide bonds. The Morgan fingerprint density at radius 3 is 2.53 bits per heavy atom. The molecule has 0 bridgehead atoms. The van der Waals surface area contributed by atoms with Gasteiger partial charge in [0.25, 0.3) is 0 Å². The Balaban J connectivity index is 1.81. The molecule has 1 aliphatic carbocycles. The van der Waals surface area contributed by atoms with Crippen molar-refractivity contribution in [3.63, 3.8) is 0 Å². The van der Waals surface area contributed by atoms with Gasteiger partial charge in [-0.3, -0.25) is 4.79 Å². The zero-order valence-corrected chi connectivity index (χ0v) is 21.5. The Bertz CT molecular complexity index is 1320. The fourth-order valence-electron chi connectivity index (χ4n) is 4.75. The van der Waals surface area contributed by atoms with Crippen LogP contribution < -0.4 is 20.5 Å². The van der Waals surface area contributed by atoms with Crippen LogP contribution in [0.1, 0.15) is 57.9 Å². The van der Waals surface area contributed by atoms with Gasteiger partial charge in [-0.1, -0.05) is 38.3 Å². The highest BCUT2D eigenvalue weighted by Gasteiger charge is 2.32. The van der Waals surface area contributed by atoms with Crippen LogP contribution >= 0.6 is 0 Å². The zero-order chi connectivity index (χ0) is 25.9. The van der Waals surface area contributed by atoms with Crippen LogP contribution in [0.5, 0.6) is 0 Å². The molecule has 1 saturated carbocycles. The van der Waals surface area contributed by atoms with Crippen molar-refractivity contribution < 1.29 is 13.2 Å². The smallest absolute Gasteiger partial charge is 0.304 e. The van der Waals surface area contributed by atoms with Crippen LogP contribution in [0, 0.1) is 5.92 Å². The monoisotopic (exact) mass is 514 g/mol. The van der Waals surface area contributed by atoms with Gasteiger partial charge in [-0.05, 0) is 50.3 Å². The van der Waals surface area contributed by atoms with Gasteiger partial charge in [0.15, 0.2) is 17.0 Å². The van der Waals surface area contributed by atoms with E-state index in [4.69, 9.17) is 10.9 Å². The number of nitrogens with two attached hydrogens (primary N) is 2. The summed E-state index contributed by atoms with van der Waals surface area (Å²) < 4.78 is 28.5. The summed E-state index contributed by atoms with van der Waals surface area (Å²) in [6.07, 6.45) is 7.89. The van der Waals surface area contributed by atoms with Crippen molar-refractivity contribution in [3.8, 4) is 0 Å². The number of benzene rings is 1. The lowest BCUT2D eigenvalue weighted by Gasteiger charge is -2.30. The minimum Gasteiger partial charge on any atom is -0.369 e. The minimum atomic E-state index is -4.27. The molecule has 36 heavy (non-hydrogen) atoms. The number of carbonyl (C=O) groups excluding carboxylic acids is 1. The first-order valence-corrected chi connectivity index (χ1v) is 13.9. The summed E-state index contributed by atoms with van der Waals surface area (Å²) in [6, 6.07) is 6.98. The molecule has 194 valence electrons. The van der Waals surface area contributed by atoms with Gasteiger partial charge in [-0.2, -0.15) is 18.4 Å². The summed E-state index contributed by atoms with van der Waals surface area (Å²) >= 11 is 0. The summed E-state index contributed by atoms with van der Waals surface area (Å²) in [5.41, 5.74) is 7.87. The maximum absolute atomic E-state index is 12.9. The molecule has 0 saturated heterocycles. The summed E-state index contributed by atoms with van der Waals surface area (Å²) in [7, 11) is -4.27. The Morgan fingerprint density at radius 2 is 1.89 bits per heavy atom. The lowest BCUT2D eigenvalue weighted by Crippen LogP contribution is -2.41. The van der Waals surface area contributed by atoms with Crippen molar-refractivity contribution in [2.24, 2.45) is 16.8 Å². The van der Waals surface area contributed by atoms with E-state index in [-0.39, 0.29) is 29.6 Å². The first-order valence-electron chi connectivity index (χ1n) is 12.4. The van der Waals surface area contributed by atoms with Gasteiger partial charge in [0.1, 0.15) is 0 Å². The fourth-order valence-corrected chi connectivity index (χ4v) is 5.53. The maximum Gasteiger partial charge on any atom is 0.304 e. The number of hydrogen-bond donors (Lipinski definition) is 3. The number of unbranched alkanes of at least 4 members (excludes halogenated alkanes) is 1. The molecule has 5 N–H and O–H groups in total. The van der Waals surface area contributed by atoms with Gasteiger partial charge in [0.05, 0.1) is 17.9 Å². The molecule has 0 radical (unpaired) electrons. The lowest BCUT2D eigenvalue weighted by molar-refractivity contribution is -0.122. The second-order valence-corrected chi connectivity index (χ2v) is 10.6. The van der Waals surface area contributed by atoms with Gasteiger partial charge in [0.2, 0.25) is 11.9 Å². The molecule has 0 aliphatic heterocycles. The van der Waals surface area contributed by atoms with Crippen LogP contribution in [-0.2, 0) is 28.0 Å². The third kappa shape index (κ3) is 5.44. The molecule has 12 heteroatoms. The highest BCUT2D eigenvalue weighted by molar-refractivity contribution is 7.90. The highest BCUT2D eigenvalue weighted by Crippen LogP contribution is 2.33. The normalized spacial score (nSPS) is 18.3. The lowest BCUT2D eigenvalue weighted by atomic mass is 9.84. The zero-order valence-electron chi connectivity index (χ0n) is 20.7. The van der Waals surface area contributed by atoms with E-state index in [0.29, 0.717) is 29.8 Å². The quantitative estimate of drug-likeness (QED) is 0.374. The van der Waals surface area contributed by atoms with Crippen LogP contribution in [0.4, 0.5) is 17.5 Å². The molecular formula is C24H34N8O3S. The minimum absolute atomic E-state index is 0.0462. The van der Waals surface area contributed by atoms with Crippen LogP contribution in [0.25, 0.3) is 11.2 Å². The first-order chi connectivity index (χ1) is 17.2. The number of aryl methyl sites for hydroxylation is 2. The molecule has 0 unspecified atom stereocenters. The number of amides is 1. The third-order valence-corrected chi connectivity index (χ3v) is 7.56. The Hall–Kier alpha value is -3.25. The van der Waals surface area contributed by atoms with Crippen molar-refractivity contribution in [1.82, 2.24) is 19.5 Å². The van der Waals surface area contributed by atoms with Crippen molar-refractivity contribution in [1.29, 1.82) is 0 Å². The molecule has 1 aliphatic rings. The topological polar surface area (TPSA) is 162 Å². The summed E-state index contributed by atoms with van der Waals surface area (Å²) in [5.74, 6) is -0.493. The molecule has 1 aromatic carbocycles. The van der Waals surface area contributed by atoms with Gasteiger partial charge < -0.3 is 15.6 Å². The van der Waals surface area contributed by atoms with Crippen molar-refractivity contribution in [2.45, 2.75) is 71.4 Å². The number of nitrogens with one attached hydrogen (secondary N) is 1. The number of aromatic nitrogens is 4. The average molecular weight is 515 g/mol. The Morgan fingerprint density at radius 1 is 1.17 bits per heavy atom. The highest BCUT2D eigenvalue weighted by atomic mass is 32.2. The Kier molecular flexibility index (Phi) is 7.74. The summed E-state index contributed by atoms with van der Waals surface area (Å²) in [5, 5.41) is 8.96. The molecule has 2 aromatic heterocycles. The number of primary amides is 1. The third-order valence-electron chi connectivity index (χ3n) is 6.67. The first kappa shape index (κ1) is 25.8. The number of hydrogen-bond acceptors (Lipinski definition) is 7. The van der Waals surface area contributed by atoms with Gasteiger partial charge in [-0.25, -0.2) is 14.4 Å². The molecule has 11 nitrogen and oxygen atoms in total. The van der Waals surface area contributed by atoms with Gasteiger partial charge >= 0.3 is 10.2 Å². The largest absolute Gasteiger partial charge is 0.369 e. The van der Waals surface area contributed by atoms with E-state index in [1.165, 1.54) is 0 Å². The summed E-state index contributed by atoms with van der Waals surface area (Å²) in [6.45, 7) is 4.63. The Labute approximate surface area is 211 Å². The maximum atomic E-state index is 12.9. The van der Waals surface area contributed by atoms with Gasteiger partial charge in [0, 0.05) is 12.6 Å². The number of imidazole rings is 1. The standard InChI is InChI=1S/C24H34N8O3S/c1-3-5-8-16-11-13-17(14-12-16)32(36(26,34)35)23-20-22(31(4-2)15-27-20)29-24(30-23)28-19-10-7-6-9-18(19)21(25)33/h11-15,18-19H,3-10H2,1-2H3,(H2,25,33)(H2,26,34,35)(H,28,29,30)/t18-,19+/m1/s1. The number of nitrogens with zero attached hydrogens (tertiary/aromatic N) is 5. The fraction of sp³-hybridized carbons (Fsp3) is 0.500. The molecule has 2 atom stereocenters. The second kappa shape index (κ2) is 10.8. The summed E-state index contributed by atoms with van der Waals surface area (Å²) in [4.78, 5) is 25.6. The predicted molar refractivity (Wildman–Crippen MR) is 140 cm³/mol. The van der Waals surface area contributed by atoms with Crippen molar-refractivity contribution in [3.05, 3.63) is 36.2 Å². The molecular weight excluding hydrogens is 480 g/mol. The van der Waals surface area contributed by atoms with E-state index in [9.17, 15) is 13.2 Å². The van der Waals surface area contributed by atoms with E-state index >= 15 is 0 Å². The van der Waals surface area contributed by atoms with Crippen molar-refractivity contribution in [2.75, 3.05) is 9.62 Å². The van der Waals surface area contributed by atoms with Gasteiger partial charge in [-0.15, -0.1) is 0 Å². The number of fused-ring (bicyclic) bond motifs is 1. The van der Waals surface area contributed by atoms with Crippen LogP contribution in [0.15, 0.2) is 30.6 Å². The molecule has 1 fully saturated rings. The van der Waals surface area contributed by atoms with E-state index < -0.39 is 10.2 Å².